The minimum absolute atomic E-state index is 0.127. The highest BCUT2D eigenvalue weighted by molar-refractivity contribution is 5.91. The summed E-state index contributed by atoms with van der Waals surface area (Å²) >= 11 is 0. The minimum Gasteiger partial charge on any atom is -0.494 e. The average Bonchev–Trinajstić information content (AvgIpc) is 3.36. The fourth-order valence-corrected chi connectivity index (χ4v) is 5.34. The first kappa shape index (κ1) is 29.5. The van der Waals surface area contributed by atoms with Crippen LogP contribution in [0.2, 0.25) is 0 Å². The Bertz CT molecular complexity index is 1730. The molecule has 12 heteroatoms. The second-order valence-electron chi connectivity index (χ2n) is 10.8. The number of halogens is 4. The number of benzene rings is 2. The van der Waals surface area contributed by atoms with Crippen LogP contribution in [0.1, 0.15) is 30.9 Å². The maximum Gasteiger partial charge on any atom is 0.272 e. The van der Waals surface area contributed by atoms with Gasteiger partial charge < -0.3 is 10.1 Å². The second-order valence-corrected chi connectivity index (χ2v) is 10.8. The van der Waals surface area contributed by atoms with Gasteiger partial charge in [0.2, 0.25) is 0 Å². The van der Waals surface area contributed by atoms with Gasteiger partial charge in [0.25, 0.3) is 5.92 Å². The summed E-state index contributed by atoms with van der Waals surface area (Å²) in [5.41, 5.74) is 2.65. The summed E-state index contributed by atoms with van der Waals surface area (Å²) < 4.78 is 63.0. The van der Waals surface area contributed by atoms with Crippen LogP contribution in [0.15, 0.2) is 67.1 Å². The van der Waals surface area contributed by atoms with Crippen LogP contribution in [-0.4, -0.2) is 61.8 Å². The number of nitrogens with zero attached hydrogens (tertiary/aromatic N) is 6. The standard InChI is InChI=1S/C32H31F4N7O/c1-2-44-23-15-26(33)25(27(34)16-23)18-43-28-9-4-3-8-24(28)29(41-43)31-38-17-21(7-5-6-14-42-19-32(35,36)20-42)30(40-31)39-22-10-12-37-13-11-22/h3-4,8-13,15-17H,2,5-7,14,18-20H2,1H3,(H,37,38,39,40). The maximum absolute atomic E-state index is 14.9. The molecule has 0 saturated carbocycles. The van der Waals surface area contributed by atoms with Crippen LogP contribution in [0, 0.1) is 11.6 Å². The monoisotopic (exact) mass is 605 g/mol. The molecular formula is C32H31F4N7O. The van der Waals surface area contributed by atoms with Gasteiger partial charge in [-0.05, 0) is 50.9 Å². The zero-order chi connectivity index (χ0) is 30.7. The Morgan fingerprint density at radius 3 is 2.48 bits per heavy atom. The number of hydrogen-bond donors (Lipinski definition) is 1. The summed E-state index contributed by atoms with van der Waals surface area (Å²) in [7, 11) is 0. The van der Waals surface area contributed by atoms with Gasteiger partial charge in [-0.3, -0.25) is 14.6 Å². The van der Waals surface area contributed by atoms with Crippen molar-refractivity contribution in [3.05, 3.63) is 89.9 Å². The quantitative estimate of drug-likeness (QED) is 0.126. The summed E-state index contributed by atoms with van der Waals surface area (Å²) in [6, 6.07) is 13.4. The molecule has 6 rings (SSSR count). The number of anilines is 2. The predicted molar refractivity (Wildman–Crippen MR) is 159 cm³/mol. The fraction of sp³-hybridized carbons (Fsp3) is 0.312. The average molecular weight is 606 g/mol. The van der Waals surface area contributed by atoms with Crippen molar-refractivity contribution in [2.75, 3.05) is 31.6 Å². The Balaban J connectivity index is 1.29. The topological polar surface area (TPSA) is 81.0 Å². The molecule has 228 valence electrons. The Labute approximate surface area is 251 Å². The molecule has 1 N–H and O–H groups in total. The van der Waals surface area contributed by atoms with E-state index < -0.39 is 17.6 Å². The van der Waals surface area contributed by atoms with E-state index in [0.717, 1.165) is 29.5 Å². The molecular weight excluding hydrogens is 574 g/mol. The highest BCUT2D eigenvalue weighted by Gasteiger charge is 2.43. The number of nitrogens with one attached hydrogen (secondary N) is 1. The smallest absolute Gasteiger partial charge is 0.272 e. The summed E-state index contributed by atoms with van der Waals surface area (Å²) in [6.07, 6.45) is 7.25. The number of ether oxygens (including phenoxy) is 1. The summed E-state index contributed by atoms with van der Waals surface area (Å²) in [5.74, 6) is -2.96. The number of hydrogen-bond acceptors (Lipinski definition) is 7. The molecule has 8 nitrogen and oxygen atoms in total. The van der Waals surface area contributed by atoms with E-state index >= 15 is 0 Å². The van der Waals surface area contributed by atoms with Crippen molar-refractivity contribution < 1.29 is 22.3 Å². The zero-order valence-corrected chi connectivity index (χ0v) is 24.1. The van der Waals surface area contributed by atoms with Crippen molar-refractivity contribution in [1.29, 1.82) is 0 Å². The zero-order valence-electron chi connectivity index (χ0n) is 24.1. The van der Waals surface area contributed by atoms with Gasteiger partial charge >= 0.3 is 0 Å². The first-order valence-electron chi connectivity index (χ1n) is 14.5. The van der Waals surface area contributed by atoms with Crippen LogP contribution in [0.5, 0.6) is 5.75 Å². The third kappa shape index (κ3) is 6.49. The van der Waals surface area contributed by atoms with Crippen molar-refractivity contribution in [3.63, 3.8) is 0 Å². The number of likely N-dealkylation sites (tertiary alicyclic amines) is 1. The van der Waals surface area contributed by atoms with Crippen molar-refractivity contribution in [2.45, 2.75) is 38.7 Å². The van der Waals surface area contributed by atoms with Gasteiger partial charge in [-0.2, -0.15) is 5.10 Å². The number of unbranched alkanes of at least 4 members (excludes halogenated alkanes) is 1. The van der Waals surface area contributed by atoms with Gasteiger partial charge in [-0.15, -0.1) is 0 Å². The maximum atomic E-state index is 14.9. The normalized spacial score (nSPS) is 14.5. The third-order valence-corrected chi connectivity index (χ3v) is 7.49. The molecule has 3 aromatic heterocycles. The number of pyridine rings is 1. The van der Waals surface area contributed by atoms with Crippen LogP contribution in [0.3, 0.4) is 0 Å². The Hall–Kier alpha value is -4.58. The number of para-hydroxylation sites is 1. The van der Waals surface area contributed by atoms with E-state index in [1.54, 1.807) is 35.1 Å². The highest BCUT2D eigenvalue weighted by atomic mass is 19.3. The van der Waals surface area contributed by atoms with Crippen molar-refractivity contribution in [3.8, 4) is 17.3 Å². The van der Waals surface area contributed by atoms with Crippen LogP contribution < -0.4 is 10.1 Å². The number of aryl methyl sites for hydroxylation is 1. The predicted octanol–water partition coefficient (Wildman–Crippen LogP) is 6.63. The molecule has 0 aliphatic carbocycles. The highest BCUT2D eigenvalue weighted by Crippen LogP contribution is 2.31. The molecule has 5 aromatic rings. The lowest BCUT2D eigenvalue weighted by atomic mass is 10.1. The second kappa shape index (κ2) is 12.6. The van der Waals surface area contributed by atoms with E-state index in [9.17, 15) is 17.6 Å². The lowest BCUT2D eigenvalue weighted by molar-refractivity contribution is -0.130. The number of aromatic nitrogens is 5. The van der Waals surface area contributed by atoms with Crippen LogP contribution in [0.4, 0.5) is 29.1 Å². The van der Waals surface area contributed by atoms with Gasteiger partial charge in [0.15, 0.2) is 5.82 Å². The summed E-state index contributed by atoms with van der Waals surface area (Å²) in [6.45, 7) is 2.14. The van der Waals surface area contributed by atoms with Gasteiger partial charge in [-0.1, -0.05) is 18.2 Å². The van der Waals surface area contributed by atoms with Crippen LogP contribution in [0.25, 0.3) is 22.4 Å². The van der Waals surface area contributed by atoms with E-state index in [2.05, 4.69) is 15.3 Å². The van der Waals surface area contributed by atoms with Gasteiger partial charge in [0.05, 0.1) is 31.8 Å². The SMILES string of the molecule is CCOc1cc(F)c(Cn2nc(-c3ncc(CCCCN4CC(F)(F)C4)c(Nc4ccncc4)n3)c3ccccc32)c(F)c1. The van der Waals surface area contributed by atoms with Gasteiger partial charge in [-0.25, -0.2) is 27.5 Å². The molecule has 1 aliphatic rings. The molecule has 0 atom stereocenters. The molecule has 0 spiro atoms. The van der Waals surface area contributed by atoms with E-state index in [0.29, 0.717) is 42.4 Å². The first-order valence-corrected chi connectivity index (χ1v) is 14.5. The molecule has 0 unspecified atom stereocenters. The van der Waals surface area contributed by atoms with Crippen LogP contribution >= 0.6 is 0 Å². The molecule has 1 aliphatic heterocycles. The van der Waals surface area contributed by atoms with E-state index in [1.807, 2.05) is 36.4 Å². The minimum atomic E-state index is -2.57. The van der Waals surface area contributed by atoms with E-state index in [-0.39, 0.29) is 30.9 Å². The van der Waals surface area contributed by atoms with Crippen molar-refractivity contribution in [2.24, 2.45) is 0 Å². The summed E-state index contributed by atoms with van der Waals surface area (Å²) in [5, 5.41) is 8.79. The number of alkyl halides is 2. The molecule has 1 fully saturated rings. The molecule has 4 heterocycles. The molecule has 44 heavy (non-hydrogen) atoms. The largest absolute Gasteiger partial charge is 0.494 e. The van der Waals surface area contributed by atoms with Gasteiger partial charge in [0, 0.05) is 52.9 Å². The summed E-state index contributed by atoms with van der Waals surface area (Å²) in [4.78, 5) is 15.3. The third-order valence-electron chi connectivity index (χ3n) is 7.49. The Kier molecular flexibility index (Phi) is 8.42. The van der Waals surface area contributed by atoms with Gasteiger partial charge in [0.1, 0.15) is 28.9 Å². The molecule has 0 amide bonds. The molecule has 2 aromatic carbocycles. The van der Waals surface area contributed by atoms with E-state index in [1.165, 1.54) is 12.1 Å². The van der Waals surface area contributed by atoms with E-state index in [4.69, 9.17) is 14.8 Å². The fourth-order valence-electron chi connectivity index (χ4n) is 5.34. The molecule has 0 bridgehead atoms. The molecule has 0 radical (unpaired) electrons. The molecule has 1 saturated heterocycles. The Morgan fingerprint density at radius 1 is 1.00 bits per heavy atom. The first-order chi connectivity index (χ1) is 21.3. The lowest BCUT2D eigenvalue weighted by Gasteiger charge is -2.38. The van der Waals surface area contributed by atoms with Crippen molar-refractivity contribution >= 4 is 22.4 Å². The number of rotatable bonds is 12. The van der Waals surface area contributed by atoms with Crippen molar-refractivity contribution in [1.82, 2.24) is 29.6 Å². The van der Waals surface area contributed by atoms with Crippen LogP contribution in [-0.2, 0) is 13.0 Å². The Morgan fingerprint density at radius 2 is 1.75 bits per heavy atom. The number of fused-ring (bicyclic) bond motifs is 1. The lowest BCUT2D eigenvalue weighted by Crippen LogP contribution is -2.56.